The molecule has 0 saturated heterocycles. The van der Waals surface area contributed by atoms with Gasteiger partial charge in [-0.25, -0.2) is 0 Å². The molecule has 1 aliphatic carbocycles. The number of hydrogen-bond acceptors (Lipinski definition) is 2. The molecule has 0 bridgehead atoms. The molecule has 98 valence electrons. The first-order valence-corrected chi connectivity index (χ1v) is 7.15. The molecule has 1 amide bonds. The molecule has 2 unspecified atom stereocenters. The molecular weight excluding hydrogens is 292 g/mol. The van der Waals surface area contributed by atoms with Crippen LogP contribution >= 0.6 is 15.9 Å². The summed E-state index contributed by atoms with van der Waals surface area (Å²) in [5.74, 6) is 0.714. The number of nitrogens with two attached hydrogens (primary N) is 1. The fourth-order valence-corrected chi connectivity index (χ4v) is 3.28. The number of nitrogen functional groups attached to an aromatic ring is 1. The third kappa shape index (κ3) is 2.69. The molecule has 3 N–H and O–H groups in total. The van der Waals surface area contributed by atoms with Crippen LogP contribution in [0.4, 0.5) is 11.4 Å². The summed E-state index contributed by atoms with van der Waals surface area (Å²) in [5, 5.41) is 2.99. The Morgan fingerprint density at radius 2 is 2.17 bits per heavy atom. The predicted octanol–water partition coefficient (Wildman–Crippen LogP) is 3.71. The molecule has 1 aliphatic rings. The second-order valence-electron chi connectivity index (χ2n) is 5.19. The summed E-state index contributed by atoms with van der Waals surface area (Å²) in [7, 11) is 0. The highest BCUT2D eigenvalue weighted by atomic mass is 79.9. The minimum atomic E-state index is 0.108. The van der Waals surface area contributed by atoms with Gasteiger partial charge in [-0.05, 0) is 43.4 Å². The van der Waals surface area contributed by atoms with E-state index in [-0.39, 0.29) is 11.8 Å². The van der Waals surface area contributed by atoms with Gasteiger partial charge in [0.2, 0.25) is 5.91 Å². The Morgan fingerprint density at radius 1 is 1.44 bits per heavy atom. The molecule has 0 heterocycles. The summed E-state index contributed by atoms with van der Waals surface area (Å²) >= 11 is 3.40. The van der Waals surface area contributed by atoms with E-state index in [1.54, 1.807) is 0 Å². The van der Waals surface area contributed by atoms with E-state index in [1.807, 2.05) is 19.1 Å². The van der Waals surface area contributed by atoms with Gasteiger partial charge in [-0.2, -0.15) is 0 Å². The van der Waals surface area contributed by atoms with Crippen LogP contribution in [0.5, 0.6) is 0 Å². The number of hydrogen-bond donors (Lipinski definition) is 2. The lowest BCUT2D eigenvalue weighted by Crippen LogP contribution is -2.25. The Balaban J connectivity index is 2.17. The second kappa shape index (κ2) is 5.31. The molecule has 1 aromatic carbocycles. The van der Waals surface area contributed by atoms with Crippen molar-refractivity contribution in [1.29, 1.82) is 0 Å². The molecular formula is C14H19BrN2O. The van der Waals surface area contributed by atoms with Gasteiger partial charge in [0, 0.05) is 10.4 Å². The molecule has 0 aromatic heterocycles. The smallest absolute Gasteiger partial charge is 0.227 e. The molecule has 0 aliphatic heterocycles. The van der Waals surface area contributed by atoms with E-state index in [1.165, 1.54) is 0 Å². The van der Waals surface area contributed by atoms with Gasteiger partial charge < -0.3 is 11.1 Å². The molecule has 1 saturated carbocycles. The van der Waals surface area contributed by atoms with Gasteiger partial charge in [-0.3, -0.25) is 4.79 Å². The van der Waals surface area contributed by atoms with Crippen LogP contribution in [-0.2, 0) is 4.79 Å². The van der Waals surface area contributed by atoms with Crippen LogP contribution in [0.2, 0.25) is 0 Å². The second-order valence-corrected chi connectivity index (χ2v) is 6.11. The quantitative estimate of drug-likeness (QED) is 0.818. The monoisotopic (exact) mass is 310 g/mol. The normalized spacial score (nSPS) is 23.1. The number of anilines is 2. The molecule has 1 fully saturated rings. The topological polar surface area (TPSA) is 55.1 Å². The van der Waals surface area contributed by atoms with Crippen molar-refractivity contribution in [3.8, 4) is 0 Å². The summed E-state index contributed by atoms with van der Waals surface area (Å²) in [4.78, 5) is 12.2. The average Bonchev–Trinajstić information content (AvgIpc) is 2.69. The van der Waals surface area contributed by atoms with Gasteiger partial charge in [0.1, 0.15) is 0 Å². The highest BCUT2D eigenvalue weighted by molar-refractivity contribution is 9.10. The first-order chi connectivity index (χ1) is 8.49. The van der Waals surface area contributed by atoms with Crippen LogP contribution < -0.4 is 11.1 Å². The van der Waals surface area contributed by atoms with Crippen molar-refractivity contribution in [1.82, 2.24) is 0 Å². The zero-order valence-corrected chi connectivity index (χ0v) is 12.4. The first kappa shape index (κ1) is 13.4. The third-order valence-corrected chi connectivity index (χ3v) is 4.24. The molecule has 0 spiro atoms. The van der Waals surface area contributed by atoms with Crippen LogP contribution in [0.15, 0.2) is 16.6 Å². The number of rotatable bonds is 2. The van der Waals surface area contributed by atoms with Crippen molar-refractivity contribution < 1.29 is 4.79 Å². The number of carbonyl (C=O) groups excluding carboxylic acids is 1. The number of halogens is 1. The van der Waals surface area contributed by atoms with E-state index in [0.717, 1.165) is 35.0 Å². The van der Waals surface area contributed by atoms with Gasteiger partial charge >= 0.3 is 0 Å². The van der Waals surface area contributed by atoms with Crippen molar-refractivity contribution in [2.24, 2.45) is 11.8 Å². The molecule has 2 rings (SSSR count). The number of carbonyl (C=O) groups is 1. The standard InChI is InChI=1S/C14H19BrN2O/c1-8-4-3-5-11(8)14(18)17-13-9(2)6-10(15)7-12(13)16/h6-8,11H,3-5,16H2,1-2H3,(H,17,18). The predicted molar refractivity (Wildman–Crippen MR) is 78.4 cm³/mol. The van der Waals surface area contributed by atoms with Crippen LogP contribution in [0.3, 0.4) is 0 Å². The Kier molecular flexibility index (Phi) is 3.95. The average molecular weight is 311 g/mol. The maximum absolute atomic E-state index is 12.2. The lowest BCUT2D eigenvalue weighted by Gasteiger charge is -2.17. The molecule has 1 aromatic rings. The van der Waals surface area contributed by atoms with E-state index >= 15 is 0 Å². The number of aryl methyl sites for hydroxylation is 1. The number of benzene rings is 1. The van der Waals surface area contributed by atoms with Crippen molar-refractivity contribution in [3.63, 3.8) is 0 Å². The van der Waals surface area contributed by atoms with Crippen LogP contribution in [0, 0.1) is 18.8 Å². The summed E-state index contributed by atoms with van der Waals surface area (Å²) in [6.07, 6.45) is 3.28. The zero-order chi connectivity index (χ0) is 13.3. The summed E-state index contributed by atoms with van der Waals surface area (Å²) in [5.41, 5.74) is 8.31. The van der Waals surface area contributed by atoms with E-state index < -0.39 is 0 Å². The highest BCUT2D eigenvalue weighted by Crippen LogP contribution is 2.34. The van der Waals surface area contributed by atoms with Crippen molar-refractivity contribution >= 4 is 33.2 Å². The van der Waals surface area contributed by atoms with Gasteiger partial charge in [-0.1, -0.05) is 29.3 Å². The summed E-state index contributed by atoms with van der Waals surface area (Å²) < 4.78 is 0.935. The fraction of sp³-hybridized carbons (Fsp3) is 0.500. The maximum atomic E-state index is 12.2. The number of nitrogens with one attached hydrogen (secondary N) is 1. The fourth-order valence-electron chi connectivity index (χ4n) is 2.69. The van der Waals surface area contributed by atoms with Crippen molar-refractivity contribution in [2.45, 2.75) is 33.1 Å². The maximum Gasteiger partial charge on any atom is 0.227 e. The van der Waals surface area contributed by atoms with Crippen LogP contribution in [0.25, 0.3) is 0 Å². The lowest BCUT2D eigenvalue weighted by atomic mass is 9.97. The van der Waals surface area contributed by atoms with Crippen LogP contribution in [0.1, 0.15) is 31.7 Å². The minimum Gasteiger partial charge on any atom is -0.397 e. The van der Waals surface area contributed by atoms with Crippen molar-refractivity contribution in [2.75, 3.05) is 11.1 Å². The highest BCUT2D eigenvalue weighted by Gasteiger charge is 2.30. The van der Waals surface area contributed by atoms with Crippen LogP contribution in [-0.4, -0.2) is 5.91 Å². The van der Waals surface area contributed by atoms with E-state index in [9.17, 15) is 4.79 Å². The van der Waals surface area contributed by atoms with E-state index in [0.29, 0.717) is 11.6 Å². The zero-order valence-electron chi connectivity index (χ0n) is 10.8. The Morgan fingerprint density at radius 3 is 2.72 bits per heavy atom. The third-order valence-electron chi connectivity index (χ3n) is 3.78. The Bertz CT molecular complexity index is 450. The lowest BCUT2D eigenvalue weighted by molar-refractivity contribution is -0.120. The van der Waals surface area contributed by atoms with Gasteiger partial charge in [0.05, 0.1) is 11.4 Å². The van der Waals surface area contributed by atoms with Crippen molar-refractivity contribution in [3.05, 3.63) is 22.2 Å². The molecule has 4 heteroatoms. The largest absolute Gasteiger partial charge is 0.397 e. The molecule has 2 atom stereocenters. The molecule has 0 radical (unpaired) electrons. The molecule has 18 heavy (non-hydrogen) atoms. The Labute approximate surface area is 116 Å². The Hall–Kier alpha value is -1.03. The number of amides is 1. The SMILES string of the molecule is Cc1cc(Br)cc(N)c1NC(=O)C1CCCC1C. The van der Waals surface area contributed by atoms with E-state index in [4.69, 9.17) is 5.73 Å². The van der Waals surface area contributed by atoms with Gasteiger partial charge in [0.25, 0.3) is 0 Å². The van der Waals surface area contributed by atoms with Gasteiger partial charge in [0.15, 0.2) is 0 Å². The van der Waals surface area contributed by atoms with Gasteiger partial charge in [-0.15, -0.1) is 0 Å². The van der Waals surface area contributed by atoms with E-state index in [2.05, 4.69) is 28.2 Å². The summed E-state index contributed by atoms with van der Waals surface area (Å²) in [6, 6.07) is 3.78. The minimum absolute atomic E-state index is 0.108. The summed E-state index contributed by atoms with van der Waals surface area (Å²) in [6.45, 7) is 4.10. The molecule has 3 nitrogen and oxygen atoms in total. The first-order valence-electron chi connectivity index (χ1n) is 6.35.